The third-order valence-corrected chi connectivity index (χ3v) is 4.93. The molecule has 6 heteroatoms. The summed E-state index contributed by atoms with van der Waals surface area (Å²) in [6.45, 7) is 2.07. The quantitative estimate of drug-likeness (QED) is 0.570. The number of nitrogens with zero attached hydrogens (tertiary/aromatic N) is 5. The summed E-state index contributed by atoms with van der Waals surface area (Å²) < 4.78 is 1.84. The molecule has 0 unspecified atom stereocenters. The lowest BCUT2D eigenvalue weighted by Gasteiger charge is -2.12. The predicted molar refractivity (Wildman–Crippen MR) is 98.6 cm³/mol. The molecule has 5 nitrogen and oxygen atoms in total. The van der Waals surface area contributed by atoms with Gasteiger partial charge >= 0.3 is 0 Å². The van der Waals surface area contributed by atoms with E-state index in [0.29, 0.717) is 0 Å². The number of hydrogen-bond donors (Lipinski definition) is 0. The molecule has 0 atom stereocenters. The van der Waals surface area contributed by atoms with Gasteiger partial charge in [0.1, 0.15) is 5.01 Å². The summed E-state index contributed by atoms with van der Waals surface area (Å²) in [5.74, 6) is 0.786. The Morgan fingerprint density at radius 2 is 1.83 bits per heavy atom. The van der Waals surface area contributed by atoms with Gasteiger partial charge in [0.15, 0.2) is 5.82 Å². The molecule has 0 aliphatic heterocycles. The maximum Gasteiger partial charge on any atom is 0.235 e. The molecule has 0 N–H and O–H groups in total. The van der Waals surface area contributed by atoms with Crippen molar-refractivity contribution in [3.8, 4) is 22.0 Å². The van der Waals surface area contributed by atoms with Crippen LogP contribution in [0, 0.1) is 6.92 Å². The topological polar surface area (TPSA) is 46.3 Å². The lowest BCUT2D eigenvalue weighted by molar-refractivity contribution is 0.968. The molecule has 0 bridgehead atoms. The number of rotatable bonds is 3. The van der Waals surface area contributed by atoms with Crippen molar-refractivity contribution in [2.24, 2.45) is 0 Å². The van der Waals surface area contributed by atoms with Gasteiger partial charge in [0.25, 0.3) is 0 Å². The second-order valence-electron chi connectivity index (χ2n) is 5.88. The second kappa shape index (κ2) is 5.72. The standard InChI is InChI=1S/C18H17N5S/c1-12-7-4-5-10-15(12)16-19-20-18-23(16)21-17(24-18)13-8-6-9-14(11-13)22(2)3/h4-11H,1-3H3. The van der Waals surface area contributed by atoms with Crippen LogP contribution in [0.15, 0.2) is 48.5 Å². The molecule has 2 heterocycles. The van der Waals surface area contributed by atoms with Crippen LogP contribution in [0.3, 0.4) is 0 Å². The van der Waals surface area contributed by atoms with E-state index in [0.717, 1.165) is 38.2 Å². The first-order valence-electron chi connectivity index (χ1n) is 7.69. The summed E-state index contributed by atoms with van der Waals surface area (Å²) in [7, 11) is 4.07. The number of fused-ring (bicyclic) bond motifs is 1. The molecule has 0 radical (unpaired) electrons. The van der Waals surface area contributed by atoms with Crippen LogP contribution < -0.4 is 4.90 Å². The molecular formula is C18H17N5S. The first kappa shape index (κ1) is 14.8. The molecule has 0 fully saturated rings. The van der Waals surface area contributed by atoms with E-state index >= 15 is 0 Å². The van der Waals surface area contributed by atoms with Crippen LogP contribution in [0.2, 0.25) is 0 Å². The maximum absolute atomic E-state index is 4.75. The van der Waals surface area contributed by atoms with Crippen molar-refractivity contribution in [1.29, 1.82) is 0 Å². The van der Waals surface area contributed by atoms with Crippen LogP contribution >= 0.6 is 11.3 Å². The van der Waals surface area contributed by atoms with Crippen molar-refractivity contribution in [2.75, 3.05) is 19.0 Å². The summed E-state index contributed by atoms with van der Waals surface area (Å²) in [5.41, 5.74) is 4.46. The number of anilines is 1. The molecule has 0 aliphatic carbocycles. The van der Waals surface area contributed by atoms with E-state index in [4.69, 9.17) is 5.10 Å². The number of aromatic nitrogens is 4. The molecule has 4 aromatic rings. The molecule has 0 saturated heterocycles. The normalized spacial score (nSPS) is 11.1. The van der Waals surface area contributed by atoms with Crippen molar-refractivity contribution in [1.82, 2.24) is 19.8 Å². The highest BCUT2D eigenvalue weighted by Crippen LogP contribution is 2.30. The van der Waals surface area contributed by atoms with Gasteiger partial charge in [-0.25, -0.2) is 0 Å². The van der Waals surface area contributed by atoms with Gasteiger partial charge in [-0.05, 0) is 24.6 Å². The molecule has 120 valence electrons. The zero-order chi connectivity index (χ0) is 16.7. The Bertz CT molecular complexity index is 1020. The Labute approximate surface area is 144 Å². The second-order valence-corrected chi connectivity index (χ2v) is 6.84. The largest absolute Gasteiger partial charge is 0.378 e. The van der Waals surface area contributed by atoms with Gasteiger partial charge in [0.05, 0.1) is 0 Å². The van der Waals surface area contributed by atoms with E-state index in [1.54, 1.807) is 11.3 Å². The van der Waals surface area contributed by atoms with Crippen LogP contribution in [0.1, 0.15) is 5.56 Å². The fourth-order valence-electron chi connectivity index (χ4n) is 2.64. The average Bonchev–Trinajstić information content (AvgIpc) is 3.16. The minimum Gasteiger partial charge on any atom is -0.378 e. The molecule has 24 heavy (non-hydrogen) atoms. The number of hydrogen-bond acceptors (Lipinski definition) is 5. The minimum atomic E-state index is 0.786. The molecule has 2 aromatic carbocycles. The molecule has 2 aromatic heterocycles. The summed E-state index contributed by atoms with van der Waals surface area (Å²) in [4.78, 5) is 2.89. The van der Waals surface area contributed by atoms with E-state index in [1.165, 1.54) is 0 Å². The van der Waals surface area contributed by atoms with Crippen molar-refractivity contribution < 1.29 is 0 Å². The van der Waals surface area contributed by atoms with E-state index < -0.39 is 0 Å². The zero-order valence-corrected chi connectivity index (χ0v) is 14.6. The Morgan fingerprint density at radius 1 is 1.00 bits per heavy atom. The Hall–Kier alpha value is -2.73. The van der Waals surface area contributed by atoms with Crippen molar-refractivity contribution in [2.45, 2.75) is 6.92 Å². The first-order chi connectivity index (χ1) is 11.6. The van der Waals surface area contributed by atoms with E-state index in [9.17, 15) is 0 Å². The Balaban J connectivity index is 1.83. The van der Waals surface area contributed by atoms with Crippen LogP contribution in [-0.4, -0.2) is 33.9 Å². The summed E-state index contributed by atoms with van der Waals surface area (Å²) in [6, 6.07) is 16.5. The Kier molecular flexibility index (Phi) is 3.54. The van der Waals surface area contributed by atoms with E-state index in [1.807, 2.05) is 30.7 Å². The van der Waals surface area contributed by atoms with Gasteiger partial charge in [0, 0.05) is 30.9 Å². The third kappa shape index (κ3) is 2.45. The molecule has 0 amide bonds. The smallest absolute Gasteiger partial charge is 0.235 e. The highest BCUT2D eigenvalue weighted by molar-refractivity contribution is 7.19. The van der Waals surface area contributed by atoms with Gasteiger partial charge in [-0.15, -0.1) is 10.2 Å². The Morgan fingerprint density at radius 3 is 2.62 bits per heavy atom. The average molecular weight is 335 g/mol. The van der Waals surface area contributed by atoms with Crippen LogP contribution in [0.25, 0.3) is 26.9 Å². The molecule has 4 rings (SSSR count). The van der Waals surface area contributed by atoms with Crippen LogP contribution in [-0.2, 0) is 0 Å². The van der Waals surface area contributed by atoms with E-state index in [2.05, 4.69) is 58.4 Å². The van der Waals surface area contributed by atoms with Crippen molar-refractivity contribution in [3.05, 3.63) is 54.1 Å². The lowest BCUT2D eigenvalue weighted by atomic mass is 10.1. The van der Waals surface area contributed by atoms with Gasteiger partial charge in [-0.1, -0.05) is 47.7 Å². The zero-order valence-electron chi connectivity index (χ0n) is 13.8. The molecule has 0 aliphatic rings. The van der Waals surface area contributed by atoms with Crippen LogP contribution in [0.4, 0.5) is 5.69 Å². The summed E-state index contributed by atoms with van der Waals surface area (Å²) >= 11 is 1.55. The monoisotopic (exact) mass is 335 g/mol. The van der Waals surface area contributed by atoms with Gasteiger partial charge in [0.2, 0.25) is 4.96 Å². The third-order valence-electron chi connectivity index (χ3n) is 3.99. The molecular weight excluding hydrogens is 318 g/mol. The highest BCUT2D eigenvalue weighted by atomic mass is 32.1. The summed E-state index contributed by atoms with van der Waals surface area (Å²) in [5, 5.41) is 14.3. The number of aryl methyl sites for hydroxylation is 1. The van der Waals surface area contributed by atoms with Gasteiger partial charge < -0.3 is 4.90 Å². The SMILES string of the molecule is Cc1ccccc1-c1nnc2sc(-c3cccc(N(C)C)c3)nn12. The van der Waals surface area contributed by atoms with Gasteiger partial charge in [-0.2, -0.15) is 9.61 Å². The lowest BCUT2D eigenvalue weighted by Crippen LogP contribution is -2.08. The van der Waals surface area contributed by atoms with Gasteiger partial charge in [-0.3, -0.25) is 0 Å². The minimum absolute atomic E-state index is 0.786. The van der Waals surface area contributed by atoms with Crippen LogP contribution in [0.5, 0.6) is 0 Å². The van der Waals surface area contributed by atoms with Crippen molar-refractivity contribution >= 4 is 22.0 Å². The van der Waals surface area contributed by atoms with Crippen molar-refractivity contribution in [3.63, 3.8) is 0 Å². The number of benzene rings is 2. The highest BCUT2D eigenvalue weighted by Gasteiger charge is 2.15. The summed E-state index contributed by atoms with van der Waals surface area (Å²) in [6.07, 6.45) is 0. The predicted octanol–water partition coefficient (Wildman–Crippen LogP) is 3.89. The maximum atomic E-state index is 4.75. The first-order valence-corrected chi connectivity index (χ1v) is 8.51. The fraction of sp³-hybridized carbons (Fsp3) is 0.167. The molecule has 0 saturated carbocycles. The fourth-order valence-corrected chi connectivity index (χ4v) is 3.48. The van der Waals surface area contributed by atoms with E-state index in [-0.39, 0.29) is 0 Å². The molecule has 0 spiro atoms.